The minimum atomic E-state index is -0.253. The highest BCUT2D eigenvalue weighted by Gasteiger charge is 1.99. The average Bonchev–Trinajstić information content (AvgIpc) is 2.41. The van der Waals surface area contributed by atoms with E-state index < -0.39 is 0 Å². The van der Waals surface area contributed by atoms with Crippen LogP contribution >= 0.6 is 0 Å². The number of hydrogen-bond donors (Lipinski definition) is 0. The van der Waals surface area contributed by atoms with Crippen LogP contribution in [0.2, 0.25) is 0 Å². The molecule has 18 heavy (non-hydrogen) atoms. The van der Waals surface area contributed by atoms with Crippen molar-refractivity contribution in [2.75, 3.05) is 0 Å². The van der Waals surface area contributed by atoms with Crippen LogP contribution in [0.1, 0.15) is 35.3 Å². The van der Waals surface area contributed by atoms with Gasteiger partial charge in [-0.1, -0.05) is 26.0 Å². The first-order chi connectivity index (χ1) is 8.78. The Morgan fingerprint density at radius 3 is 2.61 bits per heavy atom. The second kappa shape index (κ2) is 7.33. The molecule has 94 valence electrons. The first-order valence-corrected chi connectivity index (χ1v) is 5.91. The van der Waals surface area contributed by atoms with E-state index in [0.29, 0.717) is 12.0 Å². The van der Waals surface area contributed by atoms with Gasteiger partial charge in [0, 0.05) is 18.0 Å². The summed E-state index contributed by atoms with van der Waals surface area (Å²) in [5, 5.41) is 0. The number of rotatable bonds is 3. The topological polar surface area (TPSA) is 30.0 Å². The van der Waals surface area contributed by atoms with Crippen LogP contribution in [-0.4, -0.2) is 11.3 Å². The van der Waals surface area contributed by atoms with Crippen molar-refractivity contribution in [1.82, 2.24) is 4.98 Å². The van der Waals surface area contributed by atoms with E-state index in [4.69, 9.17) is 0 Å². The van der Waals surface area contributed by atoms with Crippen molar-refractivity contribution in [3.63, 3.8) is 0 Å². The molecular formula is C15H16FNO. The van der Waals surface area contributed by atoms with Crippen molar-refractivity contribution >= 4 is 6.29 Å². The second-order valence-electron chi connectivity index (χ2n) is 3.55. The SMILES string of the molecule is CC.O=Cc1cncc(Cc2cccc(F)c2)c1. The lowest BCUT2D eigenvalue weighted by Crippen LogP contribution is -1.92. The molecule has 1 aromatic carbocycles. The van der Waals surface area contributed by atoms with Crippen LogP contribution in [0.4, 0.5) is 4.39 Å². The lowest BCUT2D eigenvalue weighted by atomic mass is 10.1. The van der Waals surface area contributed by atoms with Crippen molar-refractivity contribution in [3.05, 3.63) is 65.2 Å². The van der Waals surface area contributed by atoms with Crippen LogP contribution < -0.4 is 0 Å². The monoisotopic (exact) mass is 245 g/mol. The fraction of sp³-hybridized carbons (Fsp3) is 0.200. The molecule has 0 spiro atoms. The molecule has 0 fully saturated rings. The summed E-state index contributed by atoms with van der Waals surface area (Å²) in [6, 6.07) is 8.15. The van der Waals surface area contributed by atoms with Gasteiger partial charge in [-0.25, -0.2) is 4.39 Å². The van der Waals surface area contributed by atoms with Crippen LogP contribution in [0.15, 0.2) is 42.7 Å². The summed E-state index contributed by atoms with van der Waals surface area (Å²) >= 11 is 0. The predicted octanol–water partition coefficient (Wildman–Crippen LogP) is 3.65. The van der Waals surface area contributed by atoms with Gasteiger partial charge in [-0.05, 0) is 35.7 Å². The van der Waals surface area contributed by atoms with Crippen LogP contribution in [0.25, 0.3) is 0 Å². The first-order valence-electron chi connectivity index (χ1n) is 5.91. The van der Waals surface area contributed by atoms with Crippen LogP contribution in [0.5, 0.6) is 0 Å². The molecule has 1 heterocycles. The molecule has 2 aromatic rings. The zero-order valence-electron chi connectivity index (χ0n) is 10.6. The largest absolute Gasteiger partial charge is 0.298 e. The maximum Gasteiger partial charge on any atom is 0.151 e. The minimum Gasteiger partial charge on any atom is -0.298 e. The molecule has 0 saturated carbocycles. The van der Waals surface area contributed by atoms with Crippen LogP contribution in [-0.2, 0) is 6.42 Å². The Bertz CT molecular complexity index is 511. The van der Waals surface area contributed by atoms with E-state index in [1.54, 1.807) is 18.3 Å². The molecule has 0 aliphatic carbocycles. The third kappa shape index (κ3) is 4.09. The normalized spacial score (nSPS) is 9.28. The fourth-order valence-electron chi connectivity index (χ4n) is 1.55. The number of benzene rings is 1. The molecule has 3 heteroatoms. The van der Waals surface area contributed by atoms with E-state index in [-0.39, 0.29) is 5.82 Å². The first kappa shape index (κ1) is 14.0. The summed E-state index contributed by atoms with van der Waals surface area (Å²) in [7, 11) is 0. The van der Waals surface area contributed by atoms with Gasteiger partial charge in [0.25, 0.3) is 0 Å². The maximum absolute atomic E-state index is 12.9. The van der Waals surface area contributed by atoms with E-state index in [1.807, 2.05) is 19.9 Å². The minimum absolute atomic E-state index is 0.253. The van der Waals surface area contributed by atoms with Gasteiger partial charge >= 0.3 is 0 Å². The Morgan fingerprint density at radius 2 is 1.94 bits per heavy atom. The van der Waals surface area contributed by atoms with Gasteiger partial charge < -0.3 is 0 Å². The second-order valence-corrected chi connectivity index (χ2v) is 3.55. The molecule has 0 N–H and O–H groups in total. The molecule has 2 nitrogen and oxygen atoms in total. The fourth-order valence-corrected chi connectivity index (χ4v) is 1.55. The Hall–Kier alpha value is -2.03. The number of carbonyl (C=O) groups is 1. The lowest BCUT2D eigenvalue weighted by Gasteiger charge is -2.02. The van der Waals surface area contributed by atoms with Gasteiger partial charge in [0.2, 0.25) is 0 Å². The smallest absolute Gasteiger partial charge is 0.151 e. The third-order valence-corrected chi connectivity index (χ3v) is 2.25. The Balaban J connectivity index is 0.000000771. The van der Waals surface area contributed by atoms with E-state index >= 15 is 0 Å². The summed E-state index contributed by atoms with van der Waals surface area (Å²) in [4.78, 5) is 14.5. The van der Waals surface area contributed by atoms with Crippen molar-refractivity contribution in [2.24, 2.45) is 0 Å². The van der Waals surface area contributed by atoms with Crippen LogP contribution in [0.3, 0.4) is 0 Å². The van der Waals surface area contributed by atoms with E-state index in [2.05, 4.69) is 4.98 Å². The summed E-state index contributed by atoms with van der Waals surface area (Å²) in [5.74, 6) is -0.253. The predicted molar refractivity (Wildman–Crippen MR) is 70.2 cm³/mol. The van der Waals surface area contributed by atoms with Crippen LogP contribution in [0, 0.1) is 5.82 Å². The highest BCUT2D eigenvalue weighted by molar-refractivity contribution is 5.74. The van der Waals surface area contributed by atoms with Gasteiger partial charge in [0.1, 0.15) is 5.82 Å². The molecule has 0 saturated heterocycles. The van der Waals surface area contributed by atoms with Gasteiger partial charge in [-0.2, -0.15) is 0 Å². The zero-order chi connectivity index (χ0) is 13.4. The summed E-state index contributed by atoms with van der Waals surface area (Å²) in [5.41, 5.74) is 2.30. The van der Waals surface area contributed by atoms with Crippen molar-refractivity contribution in [2.45, 2.75) is 20.3 Å². The molecule has 0 aliphatic heterocycles. The number of hydrogen-bond acceptors (Lipinski definition) is 2. The van der Waals surface area contributed by atoms with Gasteiger partial charge in [0.15, 0.2) is 6.29 Å². The average molecular weight is 245 g/mol. The standard InChI is InChI=1S/C13H10FNO.C2H6/c14-13-3-1-2-10(6-13)4-11-5-12(9-16)8-15-7-11;1-2/h1-3,5-9H,4H2;1-2H3. The molecule has 0 radical (unpaired) electrons. The number of halogens is 1. The molecule has 1 aromatic heterocycles. The number of nitrogens with zero attached hydrogens (tertiary/aromatic N) is 1. The van der Waals surface area contributed by atoms with Gasteiger partial charge in [0.05, 0.1) is 0 Å². The molecule has 2 rings (SSSR count). The highest BCUT2D eigenvalue weighted by Crippen LogP contribution is 2.10. The summed E-state index contributed by atoms with van der Waals surface area (Å²) < 4.78 is 12.9. The van der Waals surface area contributed by atoms with Gasteiger partial charge in [-0.3, -0.25) is 9.78 Å². The van der Waals surface area contributed by atoms with E-state index in [1.165, 1.54) is 18.3 Å². The number of aldehydes is 1. The zero-order valence-corrected chi connectivity index (χ0v) is 10.6. The molecule has 0 aliphatic rings. The lowest BCUT2D eigenvalue weighted by molar-refractivity contribution is 0.112. The molecule has 0 amide bonds. The maximum atomic E-state index is 12.9. The van der Waals surface area contributed by atoms with E-state index in [0.717, 1.165) is 17.4 Å². The number of carbonyl (C=O) groups excluding carboxylic acids is 1. The molecule has 0 bridgehead atoms. The number of aromatic nitrogens is 1. The number of pyridine rings is 1. The van der Waals surface area contributed by atoms with E-state index in [9.17, 15) is 9.18 Å². The van der Waals surface area contributed by atoms with Gasteiger partial charge in [-0.15, -0.1) is 0 Å². The van der Waals surface area contributed by atoms with Crippen molar-refractivity contribution in [1.29, 1.82) is 0 Å². The molecule has 0 atom stereocenters. The molecule has 0 unspecified atom stereocenters. The van der Waals surface area contributed by atoms with Crippen molar-refractivity contribution < 1.29 is 9.18 Å². The Kier molecular flexibility index (Phi) is 5.71. The Morgan fingerprint density at radius 1 is 1.17 bits per heavy atom. The third-order valence-electron chi connectivity index (χ3n) is 2.25. The molecular weight excluding hydrogens is 229 g/mol. The summed E-state index contributed by atoms with van der Waals surface area (Å²) in [6.07, 6.45) is 4.51. The highest BCUT2D eigenvalue weighted by atomic mass is 19.1. The quantitative estimate of drug-likeness (QED) is 0.772. The Labute approximate surface area is 107 Å². The van der Waals surface area contributed by atoms with Crippen molar-refractivity contribution in [3.8, 4) is 0 Å². The summed E-state index contributed by atoms with van der Waals surface area (Å²) in [6.45, 7) is 4.00.